The van der Waals surface area contributed by atoms with Crippen LogP contribution in [0.4, 0.5) is 0 Å². The number of carbonyl (C=O) groups is 3. The summed E-state index contributed by atoms with van der Waals surface area (Å²) in [6.07, 6.45) is 5.00. The van der Waals surface area contributed by atoms with Gasteiger partial charge in [-0.25, -0.2) is 0 Å². The fraction of sp³-hybridized carbons (Fsp3) is 0.783. The molecule has 7 heteroatoms. The van der Waals surface area contributed by atoms with Crippen molar-refractivity contribution in [2.45, 2.75) is 90.5 Å². The summed E-state index contributed by atoms with van der Waals surface area (Å²) in [6, 6.07) is 0.245. The van der Waals surface area contributed by atoms with Crippen molar-refractivity contribution >= 4 is 17.8 Å². The van der Waals surface area contributed by atoms with Crippen LogP contribution in [-0.2, 0) is 23.9 Å². The van der Waals surface area contributed by atoms with Crippen LogP contribution in [0, 0.1) is 23.7 Å². The third kappa shape index (κ3) is 5.16. The largest absolute Gasteiger partial charge is 0.493 e. The summed E-state index contributed by atoms with van der Waals surface area (Å²) in [5, 5.41) is 5.90. The molecule has 0 unspecified atom stereocenters. The Bertz CT molecular complexity index is 631. The Labute approximate surface area is 179 Å². The maximum Gasteiger partial charge on any atom is 0.309 e. The number of rotatable bonds is 4. The standard InChI is InChI=1S/C12H19NO2.C11H17NO3/c1-7(2)9-6-10(13-12(9)14)11-5-4-8(3)15-11;1-6(2)7-5-9(15-11(7)14)8-3-4-10(13)12-8/h7,9-11H,3-6H2,1-2H3,(H,13,14);6-9H,3-5H2,1-2H3,(H,12,13)/t9-,10-,11-;7-,8-,9-/m00/s1. The fourth-order valence-corrected chi connectivity index (χ4v) is 4.81. The molecular weight excluding hydrogens is 384 g/mol. The fourth-order valence-electron chi connectivity index (χ4n) is 4.81. The molecule has 2 amide bonds. The smallest absolute Gasteiger partial charge is 0.309 e. The summed E-state index contributed by atoms with van der Waals surface area (Å²) in [5.41, 5.74) is 0. The van der Waals surface area contributed by atoms with Crippen molar-refractivity contribution < 1.29 is 23.9 Å². The number of amides is 2. The van der Waals surface area contributed by atoms with E-state index in [0.29, 0.717) is 18.3 Å². The van der Waals surface area contributed by atoms with E-state index < -0.39 is 0 Å². The van der Waals surface area contributed by atoms with Crippen LogP contribution in [0.3, 0.4) is 0 Å². The van der Waals surface area contributed by atoms with E-state index in [1.54, 1.807) is 0 Å². The molecule has 2 N–H and O–H groups in total. The van der Waals surface area contributed by atoms with E-state index in [1.165, 1.54) is 0 Å². The van der Waals surface area contributed by atoms with Gasteiger partial charge in [0.15, 0.2) is 0 Å². The summed E-state index contributed by atoms with van der Waals surface area (Å²) in [6.45, 7) is 12.1. The molecule has 168 valence electrons. The number of carbonyl (C=O) groups excluding carboxylic acids is 3. The van der Waals surface area contributed by atoms with Crippen molar-refractivity contribution in [3.05, 3.63) is 12.3 Å². The van der Waals surface area contributed by atoms with Gasteiger partial charge in [-0.3, -0.25) is 14.4 Å². The van der Waals surface area contributed by atoms with E-state index >= 15 is 0 Å². The highest BCUT2D eigenvalue weighted by Crippen LogP contribution is 2.32. The number of ether oxygens (including phenoxy) is 2. The number of nitrogens with one attached hydrogen (secondary N) is 2. The lowest BCUT2D eigenvalue weighted by atomic mass is 9.91. The quantitative estimate of drug-likeness (QED) is 0.682. The molecule has 4 heterocycles. The molecule has 0 spiro atoms. The van der Waals surface area contributed by atoms with Crippen molar-refractivity contribution in [1.29, 1.82) is 0 Å². The normalized spacial score (nSPS) is 35.8. The van der Waals surface area contributed by atoms with Crippen LogP contribution in [0.15, 0.2) is 12.3 Å². The van der Waals surface area contributed by atoms with Gasteiger partial charge in [0.05, 0.1) is 23.8 Å². The first-order chi connectivity index (χ1) is 14.2. The number of hydrogen-bond acceptors (Lipinski definition) is 5. The second kappa shape index (κ2) is 9.40. The molecule has 4 aliphatic heterocycles. The number of hydrogen-bond donors (Lipinski definition) is 2. The van der Waals surface area contributed by atoms with Crippen molar-refractivity contribution in [2.24, 2.45) is 23.7 Å². The van der Waals surface area contributed by atoms with Gasteiger partial charge in [-0.1, -0.05) is 34.3 Å². The van der Waals surface area contributed by atoms with E-state index in [4.69, 9.17) is 9.47 Å². The SMILES string of the molecule is C=C1CC[C@@H]([C@@H]2C[C@@H](C(C)C)C(=O)N2)O1.CC(C)[C@@H]1C[C@@H]([C@@H]2CCC(=O)N2)OC1=O. The average Bonchev–Trinajstić information content (AvgIpc) is 3.42. The summed E-state index contributed by atoms with van der Waals surface area (Å²) < 4.78 is 10.9. The number of cyclic esters (lactones) is 1. The molecule has 0 bridgehead atoms. The maximum absolute atomic E-state index is 11.7. The molecule has 30 heavy (non-hydrogen) atoms. The third-order valence-electron chi connectivity index (χ3n) is 6.79. The molecule has 0 aromatic rings. The predicted molar refractivity (Wildman–Crippen MR) is 112 cm³/mol. The van der Waals surface area contributed by atoms with Crippen LogP contribution in [0.25, 0.3) is 0 Å². The molecule has 0 aromatic heterocycles. The summed E-state index contributed by atoms with van der Waals surface area (Å²) in [5.74, 6) is 1.93. The minimum atomic E-state index is -0.101. The van der Waals surface area contributed by atoms with Crippen LogP contribution in [0.2, 0.25) is 0 Å². The van der Waals surface area contributed by atoms with Crippen LogP contribution >= 0.6 is 0 Å². The lowest BCUT2D eigenvalue weighted by molar-refractivity contribution is -0.146. The highest BCUT2D eigenvalue weighted by atomic mass is 16.6. The highest BCUT2D eigenvalue weighted by molar-refractivity contribution is 5.81. The van der Waals surface area contributed by atoms with E-state index in [1.807, 2.05) is 13.8 Å². The van der Waals surface area contributed by atoms with E-state index in [-0.39, 0.29) is 53.9 Å². The minimum absolute atomic E-state index is 0.00695. The van der Waals surface area contributed by atoms with Gasteiger partial charge >= 0.3 is 5.97 Å². The van der Waals surface area contributed by atoms with Gasteiger partial charge in [-0.2, -0.15) is 0 Å². The van der Waals surface area contributed by atoms with E-state index in [9.17, 15) is 14.4 Å². The van der Waals surface area contributed by atoms with Gasteiger partial charge in [0.2, 0.25) is 11.8 Å². The van der Waals surface area contributed by atoms with Gasteiger partial charge < -0.3 is 20.1 Å². The Kier molecular flexibility index (Phi) is 7.09. The summed E-state index contributed by atoms with van der Waals surface area (Å²) in [7, 11) is 0. The average molecular weight is 421 g/mol. The van der Waals surface area contributed by atoms with Gasteiger partial charge in [0.25, 0.3) is 0 Å². The molecule has 0 radical (unpaired) electrons. The first-order valence-corrected chi connectivity index (χ1v) is 11.3. The number of allylic oxidation sites excluding steroid dienone is 1. The van der Waals surface area contributed by atoms with Crippen LogP contribution < -0.4 is 10.6 Å². The van der Waals surface area contributed by atoms with Gasteiger partial charge in [0, 0.05) is 18.8 Å². The zero-order valence-electron chi connectivity index (χ0n) is 18.6. The van der Waals surface area contributed by atoms with Crippen LogP contribution in [0.1, 0.15) is 66.2 Å². The molecule has 7 nitrogen and oxygen atoms in total. The van der Waals surface area contributed by atoms with Crippen LogP contribution in [0.5, 0.6) is 0 Å². The Morgan fingerprint density at radius 3 is 2.00 bits per heavy atom. The first kappa shape index (κ1) is 22.6. The summed E-state index contributed by atoms with van der Waals surface area (Å²) in [4.78, 5) is 34.3. The van der Waals surface area contributed by atoms with Crippen molar-refractivity contribution in [2.75, 3.05) is 0 Å². The van der Waals surface area contributed by atoms with Gasteiger partial charge in [-0.05, 0) is 37.5 Å². The van der Waals surface area contributed by atoms with E-state index in [2.05, 4.69) is 31.1 Å². The maximum atomic E-state index is 11.7. The Balaban J connectivity index is 0.000000171. The second-order valence-corrected chi connectivity index (χ2v) is 9.71. The van der Waals surface area contributed by atoms with E-state index in [0.717, 1.165) is 37.9 Å². The van der Waals surface area contributed by atoms with Crippen LogP contribution in [-0.4, -0.2) is 42.1 Å². The van der Waals surface area contributed by atoms with Gasteiger partial charge in [-0.15, -0.1) is 0 Å². The zero-order valence-corrected chi connectivity index (χ0v) is 18.6. The lowest BCUT2D eigenvalue weighted by Gasteiger charge is -2.18. The Morgan fingerprint density at radius 2 is 1.53 bits per heavy atom. The molecule has 6 atom stereocenters. The predicted octanol–water partition coefficient (Wildman–Crippen LogP) is 2.69. The molecule has 4 rings (SSSR count). The van der Waals surface area contributed by atoms with Crippen molar-refractivity contribution in [3.8, 4) is 0 Å². The minimum Gasteiger partial charge on any atom is -0.493 e. The highest BCUT2D eigenvalue weighted by Gasteiger charge is 2.42. The molecule has 0 aliphatic carbocycles. The van der Waals surface area contributed by atoms with Gasteiger partial charge in [0.1, 0.15) is 12.2 Å². The monoisotopic (exact) mass is 420 g/mol. The summed E-state index contributed by atoms with van der Waals surface area (Å²) >= 11 is 0. The topological polar surface area (TPSA) is 93.7 Å². The Hall–Kier alpha value is -2.05. The second-order valence-electron chi connectivity index (χ2n) is 9.71. The molecule has 0 aromatic carbocycles. The first-order valence-electron chi connectivity index (χ1n) is 11.3. The molecule has 0 saturated carbocycles. The van der Waals surface area contributed by atoms with Crippen molar-refractivity contribution in [3.63, 3.8) is 0 Å². The zero-order chi connectivity index (χ0) is 22.0. The lowest BCUT2D eigenvalue weighted by Crippen LogP contribution is -2.36. The molecule has 4 aliphatic rings. The number of esters is 1. The Morgan fingerprint density at radius 1 is 0.833 bits per heavy atom. The molecular formula is C23H36N2O5. The molecule has 4 saturated heterocycles. The third-order valence-corrected chi connectivity index (χ3v) is 6.79. The van der Waals surface area contributed by atoms with Crippen molar-refractivity contribution in [1.82, 2.24) is 10.6 Å². The molecule has 4 fully saturated rings.